The molecule has 1 heterocycles. The SMILES string of the molecule is CSc1ccc(/C=C/C2=[N+](C)c3ccccc3C2(C)C)cc1. The molecule has 0 atom stereocenters. The lowest BCUT2D eigenvalue weighted by Crippen LogP contribution is -2.26. The van der Waals surface area contributed by atoms with Crippen molar-refractivity contribution in [1.82, 2.24) is 0 Å². The van der Waals surface area contributed by atoms with Crippen molar-refractivity contribution in [2.45, 2.75) is 24.2 Å². The zero-order valence-electron chi connectivity index (χ0n) is 13.6. The number of hydrogen-bond acceptors (Lipinski definition) is 1. The fourth-order valence-corrected chi connectivity index (χ4v) is 3.60. The molecule has 1 aliphatic rings. The predicted molar refractivity (Wildman–Crippen MR) is 97.6 cm³/mol. The zero-order valence-corrected chi connectivity index (χ0v) is 14.4. The van der Waals surface area contributed by atoms with E-state index < -0.39 is 0 Å². The molecule has 2 heteroatoms. The van der Waals surface area contributed by atoms with E-state index in [4.69, 9.17) is 0 Å². The van der Waals surface area contributed by atoms with Gasteiger partial charge in [-0.2, -0.15) is 4.58 Å². The normalized spacial score (nSPS) is 16.4. The Labute approximate surface area is 137 Å². The molecule has 0 bridgehead atoms. The first-order valence-corrected chi connectivity index (χ1v) is 8.79. The molecule has 0 aliphatic carbocycles. The van der Waals surface area contributed by atoms with Crippen LogP contribution in [0, 0.1) is 0 Å². The van der Waals surface area contributed by atoms with Gasteiger partial charge in [-0.1, -0.05) is 30.3 Å². The number of thioether (sulfide) groups is 1. The lowest BCUT2D eigenvalue weighted by Gasteiger charge is -2.15. The fourth-order valence-electron chi connectivity index (χ4n) is 3.19. The van der Waals surface area contributed by atoms with E-state index in [1.54, 1.807) is 11.8 Å². The highest BCUT2D eigenvalue weighted by Gasteiger charge is 2.42. The monoisotopic (exact) mass is 308 g/mol. The number of allylic oxidation sites excluding steroid dienone is 1. The van der Waals surface area contributed by atoms with Crippen molar-refractivity contribution in [3.8, 4) is 0 Å². The van der Waals surface area contributed by atoms with E-state index in [2.05, 4.69) is 92.4 Å². The quantitative estimate of drug-likeness (QED) is 0.561. The molecule has 1 nitrogen and oxygen atoms in total. The summed E-state index contributed by atoms with van der Waals surface area (Å²) in [4.78, 5) is 1.30. The number of hydrogen-bond donors (Lipinski definition) is 0. The largest absolute Gasteiger partial charge is 0.209 e. The van der Waals surface area contributed by atoms with Gasteiger partial charge in [0.05, 0.1) is 5.41 Å². The molecule has 1 aliphatic heterocycles. The minimum absolute atomic E-state index is 0.0427. The van der Waals surface area contributed by atoms with Crippen LogP contribution in [0.3, 0.4) is 0 Å². The second-order valence-electron chi connectivity index (χ2n) is 6.19. The lowest BCUT2D eigenvalue weighted by atomic mass is 9.81. The number of fused-ring (bicyclic) bond motifs is 1. The number of para-hydroxylation sites is 1. The molecule has 0 aromatic heterocycles. The van der Waals surface area contributed by atoms with Crippen LogP contribution in [0.1, 0.15) is 25.0 Å². The van der Waals surface area contributed by atoms with Gasteiger partial charge in [-0.25, -0.2) is 0 Å². The summed E-state index contributed by atoms with van der Waals surface area (Å²) in [7, 11) is 2.16. The molecule has 0 saturated carbocycles. The van der Waals surface area contributed by atoms with Crippen LogP contribution < -0.4 is 0 Å². The Balaban J connectivity index is 1.95. The first kappa shape index (κ1) is 15.1. The number of nitrogens with zero attached hydrogens (tertiary/aromatic N) is 1. The average molecular weight is 308 g/mol. The Hall–Kier alpha value is -1.80. The van der Waals surface area contributed by atoms with Crippen molar-refractivity contribution in [2.24, 2.45) is 0 Å². The van der Waals surface area contributed by atoms with Crippen LogP contribution in [-0.4, -0.2) is 23.6 Å². The highest BCUT2D eigenvalue weighted by molar-refractivity contribution is 7.98. The molecule has 0 radical (unpaired) electrons. The standard InChI is InChI=1S/C20H22NS/c1-20(2)17-7-5-6-8-18(17)21(3)19(20)14-11-15-9-12-16(22-4)13-10-15/h5-14H,1-4H3/q+1/b14-11+. The second-order valence-corrected chi connectivity index (χ2v) is 7.07. The molecule has 0 fully saturated rings. The molecular formula is C20H22NS+. The summed E-state index contributed by atoms with van der Waals surface area (Å²) in [6.45, 7) is 4.59. The topological polar surface area (TPSA) is 3.01 Å². The summed E-state index contributed by atoms with van der Waals surface area (Å²) < 4.78 is 2.31. The van der Waals surface area contributed by atoms with Gasteiger partial charge >= 0.3 is 0 Å². The Morgan fingerprint density at radius 1 is 0.955 bits per heavy atom. The molecule has 2 aromatic carbocycles. The third kappa shape index (κ3) is 2.52. The Morgan fingerprint density at radius 3 is 2.27 bits per heavy atom. The first-order chi connectivity index (χ1) is 10.5. The second kappa shape index (κ2) is 5.77. The van der Waals surface area contributed by atoms with Gasteiger partial charge in [-0.3, -0.25) is 0 Å². The maximum Gasteiger partial charge on any atom is 0.209 e. The number of rotatable bonds is 3. The summed E-state index contributed by atoms with van der Waals surface area (Å²) in [6.07, 6.45) is 6.57. The van der Waals surface area contributed by atoms with Crippen molar-refractivity contribution in [1.29, 1.82) is 0 Å². The molecular weight excluding hydrogens is 286 g/mol. The highest BCUT2D eigenvalue weighted by Crippen LogP contribution is 2.39. The molecule has 112 valence electrons. The van der Waals surface area contributed by atoms with Crippen LogP contribution in [0.5, 0.6) is 0 Å². The minimum atomic E-state index is 0.0427. The Morgan fingerprint density at radius 2 is 1.64 bits per heavy atom. The van der Waals surface area contributed by atoms with E-state index in [0.29, 0.717) is 0 Å². The van der Waals surface area contributed by atoms with Gasteiger partial charge < -0.3 is 0 Å². The summed E-state index contributed by atoms with van der Waals surface area (Å²) in [5.74, 6) is 0. The lowest BCUT2D eigenvalue weighted by molar-refractivity contribution is -0.401. The van der Waals surface area contributed by atoms with Gasteiger partial charge in [0.1, 0.15) is 7.05 Å². The van der Waals surface area contributed by atoms with Crippen LogP contribution >= 0.6 is 11.8 Å². The smallest absolute Gasteiger partial charge is 0.198 e. The summed E-state index contributed by atoms with van der Waals surface area (Å²) in [5.41, 5.74) is 5.33. The van der Waals surface area contributed by atoms with E-state index in [-0.39, 0.29) is 5.41 Å². The average Bonchev–Trinajstić information content (AvgIpc) is 2.73. The third-order valence-corrected chi connectivity index (χ3v) is 5.23. The molecule has 2 aromatic rings. The third-order valence-electron chi connectivity index (χ3n) is 4.49. The van der Waals surface area contributed by atoms with Crippen LogP contribution in [0.15, 0.2) is 59.5 Å². The van der Waals surface area contributed by atoms with Gasteiger partial charge in [0.15, 0.2) is 5.71 Å². The molecule has 0 N–H and O–H groups in total. The molecule has 0 saturated heterocycles. The van der Waals surface area contributed by atoms with Crippen LogP contribution in [0.2, 0.25) is 0 Å². The molecule has 3 rings (SSSR count). The van der Waals surface area contributed by atoms with E-state index in [0.717, 1.165) is 0 Å². The summed E-state index contributed by atoms with van der Waals surface area (Å²) in [5, 5.41) is 0. The summed E-state index contributed by atoms with van der Waals surface area (Å²) >= 11 is 1.78. The summed E-state index contributed by atoms with van der Waals surface area (Å²) in [6, 6.07) is 17.4. The van der Waals surface area contributed by atoms with Gasteiger partial charge in [0.2, 0.25) is 5.69 Å². The molecule has 0 unspecified atom stereocenters. The Bertz CT molecular complexity index is 752. The molecule has 0 spiro atoms. The van der Waals surface area contributed by atoms with E-state index in [9.17, 15) is 0 Å². The maximum absolute atomic E-state index is 2.31. The predicted octanol–water partition coefficient (Wildman–Crippen LogP) is 5.13. The van der Waals surface area contributed by atoms with Crippen molar-refractivity contribution >= 4 is 29.2 Å². The van der Waals surface area contributed by atoms with Gasteiger partial charge in [-0.05, 0) is 43.9 Å². The fraction of sp³-hybridized carbons (Fsp3) is 0.250. The van der Waals surface area contributed by atoms with Gasteiger partial charge in [-0.15, -0.1) is 11.8 Å². The number of benzene rings is 2. The zero-order chi connectivity index (χ0) is 15.7. The van der Waals surface area contributed by atoms with E-state index >= 15 is 0 Å². The highest BCUT2D eigenvalue weighted by atomic mass is 32.2. The van der Waals surface area contributed by atoms with Crippen molar-refractivity contribution < 1.29 is 4.58 Å². The van der Waals surface area contributed by atoms with Crippen molar-refractivity contribution in [2.75, 3.05) is 13.3 Å². The van der Waals surface area contributed by atoms with Crippen LogP contribution in [-0.2, 0) is 5.41 Å². The first-order valence-electron chi connectivity index (χ1n) is 7.57. The van der Waals surface area contributed by atoms with E-state index in [1.807, 2.05) is 0 Å². The molecule has 22 heavy (non-hydrogen) atoms. The minimum Gasteiger partial charge on any atom is -0.198 e. The van der Waals surface area contributed by atoms with Crippen molar-refractivity contribution in [3.63, 3.8) is 0 Å². The van der Waals surface area contributed by atoms with Crippen molar-refractivity contribution in [3.05, 3.63) is 65.7 Å². The van der Waals surface area contributed by atoms with Gasteiger partial charge in [0, 0.05) is 22.6 Å². The van der Waals surface area contributed by atoms with Crippen LogP contribution in [0.25, 0.3) is 6.08 Å². The Kier molecular flexibility index (Phi) is 3.96. The van der Waals surface area contributed by atoms with Crippen LogP contribution in [0.4, 0.5) is 5.69 Å². The van der Waals surface area contributed by atoms with Gasteiger partial charge in [0.25, 0.3) is 0 Å². The molecule has 0 amide bonds. The van der Waals surface area contributed by atoms with E-state index in [1.165, 1.54) is 27.4 Å². The maximum atomic E-state index is 2.31.